The van der Waals surface area contributed by atoms with Crippen molar-refractivity contribution in [2.24, 2.45) is 0 Å². The summed E-state index contributed by atoms with van der Waals surface area (Å²) in [4.78, 5) is 14.4. The molecule has 0 radical (unpaired) electrons. The summed E-state index contributed by atoms with van der Waals surface area (Å²) in [5.41, 5.74) is 2.05. The second kappa shape index (κ2) is 5.96. The van der Waals surface area contributed by atoms with E-state index >= 15 is 0 Å². The van der Waals surface area contributed by atoms with Crippen molar-refractivity contribution in [3.63, 3.8) is 0 Å². The van der Waals surface area contributed by atoms with Crippen molar-refractivity contribution >= 4 is 5.91 Å². The summed E-state index contributed by atoms with van der Waals surface area (Å²) >= 11 is 0. The molecule has 110 valence electrons. The Morgan fingerprint density at radius 1 is 1.25 bits per heavy atom. The molecule has 20 heavy (non-hydrogen) atoms. The third kappa shape index (κ3) is 3.21. The Kier molecular flexibility index (Phi) is 4.48. The van der Waals surface area contributed by atoms with Crippen molar-refractivity contribution in [2.75, 3.05) is 13.2 Å². The Labute approximate surface area is 121 Å². The van der Waals surface area contributed by atoms with Gasteiger partial charge in [-0.2, -0.15) is 0 Å². The van der Waals surface area contributed by atoms with Crippen molar-refractivity contribution in [3.8, 4) is 0 Å². The molecule has 1 fully saturated rings. The molecular formula is C17H25NO2. The lowest BCUT2D eigenvalue weighted by molar-refractivity contribution is 0.0503. The lowest BCUT2D eigenvalue weighted by Gasteiger charge is -2.34. The minimum atomic E-state index is -0.0152. The zero-order valence-corrected chi connectivity index (χ0v) is 12.7. The van der Waals surface area contributed by atoms with Crippen LogP contribution in [0.1, 0.15) is 56.0 Å². The molecule has 0 bridgehead atoms. The first-order valence-corrected chi connectivity index (χ1v) is 7.46. The first-order chi connectivity index (χ1) is 9.43. The van der Waals surface area contributed by atoms with Crippen molar-refractivity contribution in [3.05, 3.63) is 35.4 Å². The van der Waals surface area contributed by atoms with Crippen LogP contribution in [0.5, 0.6) is 0 Å². The van der Waals surface area contributed by atoms with Crippen LogP contribution < -0.4 is 0 Å². The fraction of sp³-hybridized carbons (Fsp3) is 0.588. The number of hydrogen-bond acceptors (Lipinski definition) is 2. The predicted molar refractivity (Wildman–Crippen MR) is 80.9 cm³/mol. The maximum atomic E-state index is 12.5. The molecule has 0 saturated carbocycles. The molecule has 3 nitrogen and oxygen atoms in total. The van der Waals surface area contributed by atoms with Crippen LogP contribution >= 0.6 is 0 Å². The molecule has 0 spiro atoms. The first kappa shape index (κ1) is 15.0. The van der Waals surface area contributed by atoms with E-state index in [1.54, 1.807) is 0 Å². The predicted octanol–water partition coefficient (Wildman–Crippen LogP) is 2.97. The van der Waals surface area contributed by atoms with Gasteiger partial charge in [0.15, 0.2) is 0 Å². The van der Waals surface area contributed by atoms with E-state index < -0.39 is 0 Å². The van der Waals surface area contributed by atoms with Gasteiger partial charge in [0.05, 0.1) is 12.6 Å². The molecule has 1 aliphatic heterocycles. The lowest BCUT2D eigenvalue weighted by Crippen LogP contribution is -2.45. The second-order valence-corrected chi connectivity index (χ2v) is 6.66. The number of nitrogens with zero attached hydrogens (tertiary/aromatic N) is 1. The Morgan fingerprint density at radius 3 is 2.45 bits per heavy atom. The number of aliphatic hydroxyl groups excluding tert-OH is 1. The van der Waals surface area contributed by atoms with E-state index in [0.29, 0.717) is 0 Å². The summed E-state index contributed by atoms with van der Waals surface area (Å²) in [5.74, 6) is 0.0456. The van der Waals surface area contributed by atoms with Crippen LogP contribution in [-0.2, 0) is 5.41 Å². The van der Waals surface area contributed by atoms with Crippen LogP contribution in [0.4, 0.5) is 0 Å². The summed E-state index contributed by atoms with van der Waals surface area (Å²) in [7, 11) is 0. The number of benzene rings is 1. The van der Waals surface area contributed by atoms with E-state index in [2.05, 4.69) is 20.8 Å². The van der Waals surface area contributed by atoms with Gasteiger partial charge in [0.2, 0.25) is 0 Å². The molecule has 1 aromatic carbocycles. The highest BCUT2D eigenvalue weighted by atomic mass is 16.3. The molecular weight excluding hydrogens is 250 g/mol. The van der Waals surface area contributed by atoms with E-state index in [1.807, 2.05) is 29.2 Å². The number of amides is 1. The average Bonchev–Trinajstić information content (AvgIpc) is 2.45. The molecule has 1 heterocycles. The monoisotopic (exact) mass is 275 g/mol. The maximum absolute atomic E-state index is 12.5. The molecule has 1 unspecified atom stereocenters. The zero-order chi connectivity index (χ0) is 14.8. The molecule has 1 N–H and O–H groups in total. The minimum absolute atomic E-state index is 0.0152. The van der Waals surface area contributed by atoms with Crippen molar-refractivity contribution in [1.82, 2.24) is 4.90 Å². The van der Waals surface area contributed by atoms with Gasteiger partial charge in [-0.25, -0.2) is 0 Å². The van der Waals surface area contributed by atoms with Gasteiger partial charge in [0.25, 0.3) is 5.91 Å². The number of piperidine rings is 1. The summed E-state index contributed by atoms with van der Waals surface area (Å²) in [5, 5.41) is 9.41. The molecule has 1 atom stereocenters. The highest BCUT2D eigenvalue weighted by Crippen LogP contribution is 2.24. The normalized spacial score (nSPS) is 20.0. The Balaban J connectivity index is 2.16. The van der Waals surface area contributed by atoms with Crippen molar-refractivity contribution < 1.29 is 9.90 Å². The zero-order valence-electron chi connectivity index (χ0n) is 12.7. The largest absolute Gasteiger partial charge is 0.394 e. The van der Waals surface area contributed by atoms with Crippen LogP contribution in [0, 0.1) is 0 Å². The minimum Gasteiger partial charge on any atom is -0.394 e. The number of carbonyl (C=O) groups is 1. The molecule has 0 aliphatic carbocycles. The fourth-order valence-electron chi connectivity index (χ4n) is 2.74. The standard InChI is InChI=1S/C17H25NO2/c1-17(2,3)14-9-7-13(8-10-14)16(20)18-11-5-4-6-15(18)12-19/h7-10,15,19H,4-6,11-12H2,1-3H3. The smallest absolute Gasteiger partial charge is 0.254 e. The van der Waals surface area contributed by atoms with Gasteiger partial charge in [-0.3, -0.25) is 4.79 Å². The SMILES string of the molecule is CC(C)(C)c1ccc(C(=O)N2CCCCC2CO)cc1. The molecule has 0 aromatic heterocycles. The maximum Gasteiger partial charge on any atom is 0.254 e. The van der Waals surface area contributed by atoms with Crippen LogP contribution in [0.2, 0.25) is 0 Å². The van der Waals surface area contributed by atoms with E-state index in [1.165, 1.54) is 5.56 Å². The highest BCUT2D eigenvalue weighted by Gasteiger charge is 2.27. The third-order valence-corrected chi connectivity index (χ3v) is 4.10. The molecule has 1 amide bonds. The van der Waals surface area contributed by atoms with Crippen LogP contribution in [0.15, 0.2) is 24.3 Å². The number of carbonyl (C=O) groups excluding carboxylic acids is 1. The fourth-order valence-corrected chi connectivity index (χ4v) is 2.74. The average molecular weight is 275 g/mol. The summed E-state index contributed by atoms with van der Waals surface area (Å²) < 4.78 is 0. The van der Waals surface area contributed by atoms with Gasteiger partial charge in [-0.1, -0.05) is 32.9 Å². The van der Waals surface area contributed by atoms with Gasteiger partial charge in [-0.15, -0.1) is 0 Å². The Hall–Kier alpha value is -1.35. The van der Waals surface area contributed by atoms with Gasteiger partial charge >= 0.3 is 0 Å². The molecule has 3 heteroatoms. The van der Waals surface area contributed by atoms with Crippen LogP contribution in [0.3, 0.4) is 0 Å². The number of hydrogen-bond donors (Lipinski definition) is 1. The van der Waals surface area contributed by atoms with Crippen LogP contribution in [0.25, 0.3) is 0 Å². The van der Waals surface area contributed by atoms with Gasteiger partial charge in [0, 0.05) is 12.1 Å². The quantitative estimate of drug-likeness (QED) is 0.901. The molecule has 1 saturated heterocycles. The summed E-state index contributed by atoms with van der Waals surface area (Å²) in [6.45, 7) is 7.31. The van der Waals surface area contributed by atoms with E-state index in [9.17, 15) is 9.90 Å². The molecule has 1 aliphatic rings. The number of rotatable bonds is 2. The van der Waals surface area contributed by atoms with Crippen LogP contribution in [-0.4, -0.2) is 35.1 Å². The third-order valence-electron chi connectivity index (χ3n) is 4.10. The van der Waals surface area contributed by atoms with Crippen molar-refractivity contribution in [2.45, 2.75) is 51.5 Å². The second-order valence-electron chi connectivity index (χ2n) is 6.66. The Bertz CT molecular complexity index is 459. The summed E-state index contributed by atoms with van der Waals surface area (Å²) in [6.07, 6.45) is 3.03. The number of aliphatic hydroxyl groups is 1. The molecule has 2 rings (SSSR count). The van der Waals surface area contributed by atoms with Gasteiger partial charge < -0.3 is 10.0 Å². The summed E-state index contributed by atoms with van der Waals surface area (Å²) in [6, 6.07) is 7.87. The molecule has 1 aromatic rings. The Morgan fingerprint density at radius 2 is 1.90 bits per heavy atom. The van der Waals surface area contributed by atoms with Crippen molar-refractivity contribution in [1.29, 1.82) is 0 Å². The highest BCUT2D eigenvalue weighted by molar-refractivity contribution is 5.94. The number of likely N-dealkylation sites (tertiary alicyclic amines) is 1. The topological polar surface area (TPSA) is 40.5 Å². The van der Waals surface area contributed by atoms with Gasteiger partial charge in [0.1, 0.15) is 0 Å². The van der Waals surface area contributed by atoms with Gasteiger partial charge in [-0.05, 0) is 42.4 Å². The van der Waals surface area contributed by atoms with E-state index in [-0.39, 0.29) is 24.0 Å². The first-order valence-electron chi connectivity index (χ1n) is 7.46. The van der Waals surface area contributed by atoms with E-state index in [0.717, 1.165) is 31.4 Å². The van der Waals surface area contributed by atoms with E-state index in [4.69, 9.17) is 0 Å². The lowest BCUT2D eigenvalue weighted by atomic mass is 9.86.